The van der Waals surface area contributed by atoms with Gasteiger partial charge in [-0.2, -0.15) is 0 Å². The van der Waals surface area contributed by atoms with Crippen LogP contribution in [-0.2, 0) is 24.7 Å². The molecule has 0 saturated carbocycles. The van der Waals surface area contributed by atoms with E-state index in [1.54, 1.807) is 19.1 Å². The predicted octanol–water partition coefficient (Wildman–Crippen LogP) is 6.01. The third kappa shape index (κ3) is 8.32. The van der Waals surface area contributed by atoms with E-state index < -0.39 is 42.7 Å². The van der Waals surface area contributed by atoms with Crippen molar-refractivity contribution in [1.29, 1.82) is 0 Å². The van der Waals surface area contributed by atoms with E-state index in [0.717, 1.165) is 22.1 Å². The van der Waals surface area contributed by atoms with Crippen LogP contribution in [0.15, 0.2) is 106 Å². The van der Waals surface area contributed by atoms with Crippen molar-refractivity contribution in [2.45, 2.75) is 33.3 Å². The van der Waals surface area contributed by atoms with E-state index in [1.807, 2.05) is 30.3 Å². The lowest BCUT2D eigenvalue weighted by molar-refractivity contribution is -0.115. The van der Waals surface area contributed by atoms with Crippen LogP contribution in [0.2, 0.25) is 5.02 Å². The molecular weight excluding hydrogens is 646 g/mol. The van der Waals surface area contributed by atoms with Crippen LogP contribution in [0.5, 0.6) is 5.75 Å². The number of halogens is 1. The molecule has 0 aliphatic heterocycles. The summed E-state index contributed by atoms with van der Waals surface area (Å²) in [5, 5.41) is 14.0. The Hall–Kier alpha value is -4.04. The minimum absolute atomic E-state index is 0.0141. The quantitative estimate of drug-likeness (QED) is 0.141. The van der Waals surface area contributed by atoms with Gasteiger partial charge in [-0.05, 0) is 67.1 Å². The third-order valence-corrected chi connectivity index (χ3v) is 10.3. The second-order valence-electron chi connectivity index (χ2n) is 9.58. The maximum atomic E-state index is 13.4. The van der Waals surface area contributed by atoms with Crippen molar-refractivity contribution in [2.75, 3.05) is 21.6 Å². The average Bonchev–Trinajstić information content (AvgIpc) is 2.96. The summed E-state index contributed by atoms with van der Waals surface area (Å²) >= 11 is 7.80. The lowest BCUT2D eigenvalue weighted by Gasteiger charge is -2.18. The second kappa shape index (κ2) is 13.7. The Morgan fingerprint density at radius 2 is 1.50 bits per heavy atom. The summed E-state index contributed by atoms with van der Waals surface area (Å²) < 4.78 is 52.0. The zero-order valence-electron chi connectivity index (χ0n) is 23.4. The highest BCUT2D eigenvalue weighted by atomic mass is 35.5. The average molecular weight is 674 g/mol. The number of phenolic OH excluding ortho intramolecular Hbond substituents is 1. The number of rotatable bonds is 11. The molecule has 0 saturated heterocycles. The molecule has 1 atom stereocenters. The summed E-state index contributed by atoms with van der Waals surface area (Å²) in [5.41, 5.74) is 0.111. The first-order valence-electron chi connectivity index (χ1n) is 13.1. The molecule has 0 spiro atoms. The molecule has 44 heavy (non-hydrogen) atoms. The fourth-order valence-electron chi connectivity index (χ4n) is 4.14. The van der Waals surface area contributed by atoms with Gasteiger partial charge in [-0.15, -0.1) is 0 Å². The van der Waals surface area contributed by atoms with Crippen LogP contribution in [-0.4, -0.2) is 45.3 Å². The minimum atomic E-state index is -4.08. The van der Waals surface area contributed by atoms with Gasteiger partial charge in [0, 0.05) is 27.1 Å². The van der Waals surface area contributed by atoms with Gasteiger partial charge in [-0.25, -0.2) is 16.8 Å². The Morgan fingerprint density at radius 3 is 2.14 bits per heavy atom. The first-order chi connectivity index (χ1) is 20.8. The van der Waals surface area contributed by atoms with Crippen molar-refractivity contribution in [3.8, 4) is 5.75 Å². The summed E-state index contributed by atoms with van der Waals surface area (Å²) in [6.45, 7) is 1.57. The molecule has 0 aliphatic carbocycles. The van der Waals surface area contributed by atoms with Crippen LogP contribution in [0.25, 0.3) is 0 Å². The monoisotopic (exact) mass is 673 g/mol. The smallest absolute Gasteiger partial charge is 0.255 e. The zero-order chi connectivity index (χ0) is 32.1. The standard InChI is InChI=1S/C30H28ClN3O7S3/c1-3-28(44(40,41)23-14-12-22(13-15-23)42-21-10-5-4-6-11-21)30(37)32-25-18-27(35)26(17-24(25)31)33-29(36)19-8-7-9-20(16-19)34-43(2,38)39/h4-18,28,34-35H,3H2,1-2H3,(H,32,37)(H,33,36). The molecule has 0 bridgehead atoms. The Bertz CT molecular complexity index is 1900. The van der Waals surface area contributed by atoms with Gasteiger partial charge in [0.2, 0.25) is 15.9 Å². The van der Waals surface area contributed by atoms with Gasteiger partial charge in [-0.3, -0.25) is 14.3 Å². The molecule has 0 fully saturated rings. The predicted molar refractivity (Wildman–Crippen MR) is 173 cm³/mol. The van der Waals surface area contributed by atoms with E-state index in [9.17, 15) is 31.5 Å². The molecule has 10 nitrogen and oxygen atoms in total. The van der Waals surface area contributed by atoms with Crippen molar-refractivity contribution in [2.24, 2.45) is 0 Å². The molecule has 2 amide bonds. The molecule has 0 heterocycles. The summed E-state index contributed by atoms with van der Waals surface area (Å²) in [6.07, 6.45) is 0.946. The molecule has 0 radical (unpaired) electrons. The lowest BCUT2D eigenvalue weighted by Crippen LogP contribution is -2.34. The van der Waals surface area contributed by atoms with Crippen molar-refractivity contribution in [3.63, 3.8) is 0 Å². The van der Waals surface area contributed by atoms with Crippen molar-refractivity contribution < 1.29 is 31.5 Å². The molecule has 0 aliphatic rings. The second-order valence-corrected chi connectivity index (χ2v) is 15.0. The number of benzene rings is 4. The molecule has 4 N–H and O–H groups in total. The summed E-state index contributed by atoms with van der Waals surface area (Å²) in [6, 6.07) is 23.8. The molecule has 14 heteroatoms. The van der Waals surface area contributed by atoms with Crippen molar-refractivity contribution in [3.05, 3.63) is 102 Å². The number of phenols is 1. The van der Waals surface area contributed by atoms with E-state index in [4.69, 9.17) is 11.6 Å². The number of amides is 2. The first-order valence-corrected chi connectivity index (χ1v) is 17.7. The Kier molecular flexibility index (Phi) is 10.3. The molecule has 4 aromatic rings. The number of hydrogen-bond acceptors (Lipinski definition) is 8. The number of sulfonamides is 1. The van der Waals surface area contributed by atoms with Gasteiger partial charge in [-0.1, -0.05) is 54.6 Å². The normalized spacial score (nSPS) is 12.2. The fraction of sp³-hybridized carbons (Fsp3) is 0.133. The topological polar surface area (TPSA) is 159 Å². The Labute approximate surface area is 264 Å². The van der Waals surface area contributed by atoms with Crippen LogP contribution in [0, 0.1) is 0 Å². The van der Waals surface area contributed by atoms with Crippen molar-refractivity contribution >= 4 is 72.1 Å². The van der Waals surface area contributed by atoms with Gasteiger partial charge in [0.25, 0.3) is 5.91 Å². The number of anilines is 3. The van der Waals surface area contributed by atoms with Crippen LogP contribution in [0.4, 0.5) is 17.1 Å². The lowest BCUT2D eigenvalue weighted by atomic mass is 10.1. The zero-order valence-corrected chi connectivity index (χ0v) is 26.6. The van der Waals surface area contributed by atoms with E-state index in [2.05, 4.69) is 15.4 Å². The van der Waals surface area contributed by atoms with Crippen LogP contribution >= 0.6 is 23.4 Å². The number of sulfone groups is 1. The van der Waals surface area contributed by atoms with Gasteiger partial charge in [0.1, 0.15) is 11.0 Å². The number of carbonyl (C=O) groups excluding carboxylic acids is 2. The maximum absolute atomic E-state index is 13.4. The molecule has 1 unspecified atom stereocenters. The van der Waals surface area contributed by atoms with E-state index >= 15 is 0 Å². The van der Waals surface area contributed by atoms with Crippen LogP contribution in [0.3, 0.4) is 0 Å². The fourth-order valence-corrected chi connectivity index (χ4v) is 7.36. The number of nitrogens with one attached hydrogen (secondary N) is 3. The number of hydrogen-bond donors (Lipinski definition) is 4. The van der Waals surface area contributed by atoms with E-state index in [-0.39, 0.29) is 39.0 Å². The van der Waals surface area contributed by atoms with Gasteiger partial charge < -0.3 is 15.7 Å². The summed E-state index contributed by atoms with van der Waals surface area (Å²) in [5.74, 6) is -1.97. The molecule has 4 aromatic carbocycles. The number of carbonyl (C=O) groups is 2. The number of aromatic hydroxyl groups is 1. The molecule has 0 aromatic heterocycles. The van der Waals surface area contributed by atoms with Crippen LogP contribution in [0.1, 0.15) is 23.7 Å². The van der Waals surface area contributed by atoms with Gasteiger partial charge in [0.15, 0.2) is 9.84 Å². The molecular formula is C30H28ClN3O7S3. The van der Waals surface area contributed by atoms with Crippen LogP contribution < -0.4 is 15.4 Å². The van der Waals surface area contributed by atoms with E-state index in [1.165, 1.54) is 54.2 Å². The van der Waals surface area contributed by atoms with Gasteiger partial charge in [0.05, 0.1) is 27.5 Å². The highest BCUT2D eigenvalue weighted by Crippen LogP contribution is 2.35. The third-order valence-electron chi connectivity index (χ3n) is 6.19. The summed E-state index contributed by atoms with van der Waals surface area (Å²) in [4.78, 5) is 27.7. The summed E-state index contributed by atoms with van der Waals surface area (Å²) in [7, 11) is -7.64. The van der Waals surface area contributed by atoms with E-state index in [0.29, 0.717) is 0 Å². The first kappa shape index (κ1) is 32.9. The Balaban J connectivity index is 1.47. The highest BCUT2D eigenvalue weighted by molar-refractivity contribution is 7.99. The van der Waals surface area contributed by atoms with Crippen molar-refractivity contribution in [1.82, 2.24) is 0 Å². The SMILES string of the molecule is CCC(C(=O)Nc1cc(O)c(NC(=O)c2cccc(NS(C)(=O)=O)c2)cc1Cl)S(=O)(=O)c1ccc(Sc2ccccc2)cc1. The highest BCUT2D eigenvalue weighted by Gasteiger charge is 2.33. The molecule has 4 rings (SSSR count). The Morgan fingerprint density at radius 1 is 0.841 bits per heavy atom. The molecule has 230 valence electrons. The largest absolute Gasteiger partial charge is 0.506 e. The van der Waals surface area contributed by atoms with Gasteiger partial charge >= 0.3 is 0 Å². The maximum Gasteiger partial charge on any atom is 0.255 e. The minimum Gasteiger partial charge on any atom is -0.506 e.